The summed E-state index contributed by atoms with van der Waals surface area (Å²) in [5.41, 5.74) is 0.339. The van der Waals surface area contributed by atoms with Gasteiger partial charge in [0.15, 0.2) is 0 Å². The van der Waals surface area contributed by atoms with Gasteiger partial charge in [0.05, 0.1) is 17.7 Å². The van der Waals surface area contributed by atoms with Gasteiger partial charge in [-0.15, -0.1) is 0 Å². The molecule has 0 aliphatic rings. The summed E-state index contributed by atoms with van der Waals surface area (Å²) in [4.78, 5) is 12.1. The monoisotopic (exact) mass is 388 g/mol. The van der Waals surface area contributed by atoms with Crippen LogP contribution < -0.4 is 14.1 Å². The Balaban J connectivity index is 2.26. The van der Waals surface area contributed by atoms with Gasteiger partial charge in [0, 0.05) is 0 Å². The lowest BCUT2D eigenvalue weighted by Gasteiger charge is -2.23. The van der Waals surface area contributed by atoms with E-state index in [1.807, 2.05) is 6.07 Å². The predicted octanol–water partition coefficient (Wildman–Crippen LogP) is 4.05. The zero-order valence-corrected chi connectivity index (χ0v) is 16.2. The molecule has 0 bridgehead atoms. The number of nitrogens with one attached hydrogen (secondary N) is 1. The lowest BCUT2D eigenvalue weighted by Crippen LogP contribution is -2.36. The number of esters is 1. The molecule has 0 aliphatic carbocycles. The summed E-state index contributed by atoms with van der Waals surface area (Å²) >= 11 is 0. The molecule has 2 aromatic rings. The Labute approximate surface area is 158 Å². The molecule has 1 N–H and O–H groups in total. The van der Waals surface area contributed by atoms with Gasteiger partial charge in [0.1, 0.15) is 17.5 Å². The second-order valence-electron chi connectivity index (χ2n) is 5.97. The van der Waals surface area contributed by atoms with Crippen LogP contribution in [0.5, 0.6) is 11.5 Å². The Morgan fingerprint density at radius 2 is 1.67 bits per heavy atom. The molecule has 1 unspecified atom stereocenters. The van der Waals surface area contributed by atoms with Crippen molar-refractivity contribution in [2.75, 3.05) is 0 Å². The molecule has 0 radical (unpaired) electrons. The van der Waals surface area contributed by atoms with Crippen LogP contribution in [0.1, 0.15) is 26.3 Å². The van der Waals surface area contributed by atoms with E-state index in [0.29, 0.717) is 11.3 Å². The van der Waals surface area contributed by atoms with Crippen molar-refractivity contribution in [1.29, 1.82) is 5.26 Å². The average Bonchev–Trinajstić information content (AvgIpc) is 2.61. The highest BCUT2D eigenvalue weighted by Crippen LogP contribution is 2.45. The maximum atomic E-state index is 13.3. The molecule has 0 aliphatic heterocycles. The van der Waals surface area contributed by atoms with Gasteiger partial charge in [-0.05, 0) is 51.1 Å². The average molecular weight is 388 g/mol. The minimum atomic E-state index is -4.01. The van der Waals surface area contributed by atoms with E-state index < -0.39 is 19.8 Å². The first-order valence-electron chi connectivity index (χ1n) is 8.34. The third-order valence-electron chi connectivity index (χ3n) is 3.21. The number of rotatable bonds is 8. The number of hydrogen-bond acceptors (Lipinski definition) is 6. The van der Waals surface area contributed by atoms with Crippen molar-refractivity contribution in [2.24, 2.45) is 0 Å². The second-order valence-corrected chi connectivity index (χ2v) is 7.59. The molecule has 0 amide bonds. The summed E-state index contributed by atoms with van der Waals surface area (Å²) in [6.07, 6.45) is -0.315. The van der Waals surface area contributed by atoms with Crippen molar-refractivity contribution < 1.29 is 23.1 Å². The van der Waals surface area contributed by atoms with Crippen LogP contribution in [-0.4, -0.2) is 18.1 Å². The van der Waals surface area contributed by atoms with Gasteiger partial charge in [-0.3, -0.25) is 4.79 Å². The van der Waals surface area contributed by atoms with E-state index in [1.54, 1.807) is 62.4 Å². The van der Waals surface area contributed by atoms with Crippen LogP contribution in [0.4, 0.5) is 0 Å². The molecule has 0 saturated carbocycles. The maximum absolute atomic E-state index is 13.3. The minimum absolute atomic E-state index is 0.172. The van der Waals surface area contributed by atoms with E-state index in [2.05, 4.69) is 5.09 Å². The van der Waals surface area contributed by atoms with Crippen LogP contribution in [0.2, 0.25) is 0 Å². The molecule has 0 saturated heterocycles. The van der Waals surface area contributed by atoms with E-state index in [-0.39, 0.29) is 11.9 Å². The first-order chi connectivity index (χ1) is 12.8. The fraction of sp³-hybridized carbons (Fsp3) is 0.263. The van der Waals surface area contributed by atoms with Crippen molar-refractivity contribution in [2.45, 2.75) is 32.9 Å². The largest absolute Gasteiger partial charge is 0.513 e. The summed E-state index contributed by atoms with van der Waals surface area (Å²) in [6, 6.07) is 15.6. The van der Waals surface area contributed by atoms with Gasteiger partial charge in [-0.2, -0.15) is 10.3 Å². The fourth-order valence-corrected chi connectivity index (χ4v) is 3.59. The summed E-state index contributed by atoms with van der Waals surface area (Å²) in [6.45, 7) is 4.93. The molecule has 8 heteroatoms. The lowest BCUT2D eigenvalue weighted by atomic mass is 10.2. The topological polar surface area (TPSA) is 97.7 Å². The van der Waals surface area contributed by atoms with Gasteiger partial charge < -0.3 is 13.8 Å². The molecule has 0 fully saturated rings. The normalized spacial score (nSPS) is 13.9. The van der Waals surface area contributed by atoms with E-state index in [4.69, 9.17) is 19.0 Å². The van der Waals surface area contributed by atoms with Crippen LogP contribution in [0, 0.1) is 11.3 Å². The van der Waals surface area contributed by atoms with E-state index in [1.165, 1.54) is 13.0 Å². The van der Waals surface area contributed by atoms with Gasteiger partial charge in [0.25, 0.3) is 0 Å². The van der Waals surface area contributed by atoms with Gasteiger partial charge in [-0.1, -0.05) is 24.3 Å². The number of nitriles is 1. The Hall–Kier alpha value is -2.81. The van der Waals surface area contributed by atoms with Crippen LogP contribution in [0.3, 0.4) is 0 Å². The number of carbonyl (C=O) groups excluding carboxylic acids is 1. The summed E-state index contributed by atoms with van der Waals surface area (Å²) < 4.78 is 29.5. The number of para-hydroxylation sites is 1. The maximum Gasteiger partial charge on any atom is 0.513 e. The Morgan fingerprint density at radius 1 is 1.04 bits per heavy atom. The zero-order chi connectivity index (χ0) is 19.9. The molecule has 2 rings (SSSR count). The van der Waals surface area contributed by atoms with Gasteiger partial charge in [0.2, 0.25) is 0 Å². The molecular formula is C19H21N2O5P. The van der Waals surface area contributed by atoms with Gasteiger partial charge in [-0.25, -0.2) is 4.57 Å². The van der Waals surface area contributed by atoms with Crippen LogP contribution in [0.25, 0.3) is 0 Å². The van der Waals surface area contributed by atoms with Crippen LogP contribution >= 0.6 is 7.75 Å². The smallest absolute Gasteiger partial charge is 0.462 e. The van der Waals surface area contributed by atoms with E-state index in [0.717, 1.165) is 0 Å². The zero-order valence-electron chi connectivity index (χ0n) is 15.3. The molecule has 27 heavy (non-hydrogen) atoms. The minimum Gasteiger partial charge on any atom is -0.462 e. The summed E-state index contributed by atoms with van der Waals surface area (Å²) in [5, 5.41) is 11.6. The standard InChI is InChI=1S/C19H21N2O5P/c1-14(2)24-19(22)15(3)21-27(23,25-17-9-5-4-6-10-17)26-18-11-7-8-16(12-18)13-20/h4-12,14-15H,1-3H3,(H,21,23)/t15-,27?/m0/s1. The lowest BCUT2D eigenvalue weighted by molar-refractivity contribution is -0.149. The second kappa shape index (κ2) is 9.22. The van der Waals surface area contributed by atoms with E-state index >= 15 is 0 Å². The Morgan fingerprint density at radius 3 is 2.30 bits per heavy atom. The Kier molecular flexibility index (Phi) is 7.00. The molecule has 0 aromatic heterocycles. The summed E-state index contributed by atoms with van der Waals surface area (Å²) in [7, 11) is -4.01. The van der Waals surface area contributed by atoms with Crippen molar-refractivity contribution >= 4 is 13.7 Å². The number of hydrogen-bond donors (Lipinski definition) is 1. The van der Waals surface area contributed by atoms with Crippen molar-refractivity contribution in [3.8, 4) is 17.6 Å². The SMILES string of the molecule is CC(C)OC(=O)[C@H](C)NP(=O)(Oc1ccccc1)Oc1cccc(C#N)c1. The van der Waals surface area contributed by atoms with Crippen molar-refractivity contribution in [3.63, 3.8) is 0 Å². The first kappa shape index (κ1) is 20.5. The number of nitrogens with zero attached hydrogens (tertiary/aromatic N) is 1. The number of ether oxygens (including phenoxy) is 1. The first-order valence-corrected chi connectivity index (χ1v) is 9.88. The fourth-order valence-electron chi connectivity index (χ4n) is 2.08. The number of benzene rings is 2. The third-order valence-corrected chi connectivity index (χ3v) is 4.82. The molecule has 0 heterocycles. The quantitative estimate of drug-likeness (QED) is 0.538. The van der Waals surface area contributed by atoms with Crippen LogP contribution in [0.15, 0.2) is 54.6 Å². The summed E-state index contributed by atoms with van der Waals surface area (Å²) in [5.74, 6) is -0.115. The number of carbonyl (C=O) groups is 1. The van der Waals surface area contributed by atoms with Crippen molar-refractivity contribution in [1.82, 2.24) is 5.09 Å². The molecule has 2 atom stereocenters. The molecule has 142 valence electrons. The molecular weight excluding hydrogens is 367 g/mol. The predicted molar refractivity (Wildman–Crippen MR) is 100 cm³/mol. The molecule has 2 aromatic carbocycles. The van der Waals surface area contributed by atoms with Crippen LogP contribution in [-0.2, 0) is 14.1 Å². The highest BCUT2D eigenvalue weighted by atomic mass is 31.2. The van der Waals surface area contributed by atoms with Gasteiger partial charge >= 0.3 is 13.7 Å². The highest BCUT2D eigenvalue weighted by Gasteiger charge is 2.34. The Bertz CT molecular complexity index is 864. The third kappa shape index (κ3) is 6.45. The molecule has 7 nitrogen and oxygen atoms in total. The highest BCUT2D eigenvalue weighted by molar-refractivity contribution is 7.52. The van der Waals surface area contributed by atoms with E-state index in [9.17, 15) is 9.36 Å². The van der Waals surface area contributed by atoms with Crippen molar-refractivity contribution in [3.05, 3.63) is 60.2 Å². The molecule has 0 spiro atoms.